The second kappa shape index (κ2) is 6.46. The molecule has 0 radical (unpaired) electrons. The van der Waals surface area contributed by atoms with Crippen LogP contribution in [-0.4, -0.2) is 30.8 Å². The van der Waals surface area contributed by atoms with Gasteiger partial charge in [-0.3, -0.25) is 4.90 Å². The van der Waals surface area contributed by atoms with Crippen molar-refractivity contribution >= 4 is 22.9 Å². The number of hydrogen-bond donors (Lipinski definition) is 1. The van der Waals surface area contributed by atoms with Crippen LogP contribution in [0.4, 0.5) is 0 Å². The van der Waals surface area contributed by atoms with Crippen molar-refractivity contribution in [3.63, 3.8) is 0 Å². The highest BCUT2D eigenvalue weighted by atomic mass is 35.5. The molecule has 1 aromatic carbocycles. The molecule has 0 saturated heterocycles. The molecule has 0 fully saturated rings. The molecule has 1 atom stereocenters. The van der Waals surface area contributed by atoms with Gasteiger partial charge in [-0.15, -0.1) is 11.3 Å². The Labute approximate surface area is 138 Å². The second-order valence-electron chi connectivity index (χ2n) is 5.25. The van der Waals surface area contributed by atoms with Crippen LogP contribution in [0.2, 0.25) is 4.34 Å². The number of fused-ring (bicyclic) bond motifs is 1. The third-order valence-corrected chi connectivity index (χ3v) is 5.08. The molecule has 0 amide bonds. The molecule has 0 spiro atoms. The van der Waals surface area contributed by atoms with Gasteiger partial charge in [0.1, 0.15) is 11.5 Å². The number of nitrogens with zero attached hydrogens (tertiary/aromatic N) is 1. The summed E-state index contributed by atoms with van der Waals surface area (Å²) < 4.78 is 11.6. The van der Waals surface area contributed by atoms with Gasteiger partial charge in [0, 0.05) is 35.6 Å². The Kier molecular flexibility index (Phi) is 4.59. The zero-order chi connectivity index (χ0) is 15.7. The Hall–Kier alpha value is -1.27. The Morgan fingerprint density at radius 1 is 1.23 bits per heavy atom. The van der Waals surface area contributed by atoms with E-state index in [-0.39, 0.29) is 0 Å². The maximum atomic E-state index is 10.5. The summed E-state index contributed by atoms with van der Waals surface area (Å²) in [4.78, 5) is 3.37. The highest BCUT2D eigenvalue weighted by Crippen LogP contribution is 2.40. The molecule has 1 N–H and O–H groups in total. The number of β-amino-alcohol motifs (C(OH)–C–C–N with tert-alkyl or cyclic N) is 1. The van der Waals surface area contributed by atoms with Gasteiger partial charge in [-0.05, 0) is 24.3 Å². The summed E-state index contributed by atoms with van der Waals surface area (Å²) in [7, 11) is 3.27. The topological polar surface area (TPSA) is 41.9 Å². The summed E-state index contributed by atoms with van der Waals surface area (Å²) in [5.74, 6) is 1.49. The normalized spacial score (nSPS) is 18.1. The van der Waals surface area contributed by atoms with Crippen LogP contribution in [-0.2, 0) is 13.1 Å². The minimum absolute atomic E-state index is 0.562. The molecule has 2 heterocycles. The molecule has 118 valence electrons. The van der Waals surface area contributed by atoms with E-state index in [0.717, 1.165) is 27.8 Å². The molecule has 1 aliphatic heterocycles. The predicted molar refractivity (Wildman–Crippen MR) is 87.9 cm³/mol. The average Bonchev–Trinajstić information content (AvgIpc) is 2.91. The van der Waals surface area contributed by atoms with Crippen molar-refractivity contribution < 1.29 is 14.6 Å². The molecule has 2 aromatic rings. The lowest BCUT2D eigenvalue weighted by Crippen LogP contribution is -2.33. The van der Waals surface area contributed by atoms with E-state index in [4.69, 9.17) is 21.1 Å². The Balaban J connectivity index is 1.90. The number of hydrogen-bond acceptors (Lipinski definition) is 5. The van der Waals surface area contributed by atoms with E-state index in [0.29, 0.717) is 18.8 Å². The number of thiophene rings is 1. The maximum Gasteiger partial charge on any atom is 0.125 e. The van der Waals surface area contributed by atoms with E-state index in [1.165, 1.54) is 4.88 Å². The summed E-state index contributed by atoms with van der Waals surface area (Å²) in [6.45, 7) is 2.03. The fourth-order valence-electron chi connectivity index (χ4n) is 2.92. The highest BCUT2D eigenvalue weighted by Gasteiger charge is 2.29. The van der Waals surface area contributed by atoms with Gasteiger partial charge in [0.2, 0.25) is 0 Å². The van der Waals surface area contributed by atoms with Crippen LogP contribution >= 0.6 is 22.9 Å². The average molecular weight is 340 g/mol. The van der Waals surface area contributed by atoms with Gasteiger partial charge in [-0.1, -0.05) is 11.6 Å². The van der Waals surface area contributed by atoms with Gasteiger partial charge in [-0.25, -0.2) is 0 Å². The predicted octanol–water partition coefficient (Wildman–Crippen LogP) is 3.47. The fraction of sp³-hybridized carbons (Fsp3) is 0.375. The van der Waals surface area contributed by atoms with Crippen LogP contribution in [0.15, 0.2) is 24.3 Å². The summed E-state index contributed by atoms with van der Waals surface area (Å²) in [6.07, 6.45) is -0.593. The first-order valence-corrected chi connectivity index (χ1v) is 8.20. The van der Waals surface area contributed by atoms with Crippen LogP contribution in [0, 0.1) is 0 Å². The van der Waals surface area contributed by atoms with Gasteiger partial charge in [0.15, 0.2) is 0 Å². The monoisotopic (exact) mass is 339 g/mol. The van der Waals surface area contributed by atoms with Crippen molar-refractivity contribution in [3.8, 4) is 11.5 Å². The Morgan fingerprint density at radius 2 is 1.95 bits per heavy atom. The van der Waals surface area contributed by atoms with Crippen molar-refractivity contribution in [1.29, 1.82) is 0 Å². The van der Waals surface area contributed by atoms with E-state index < -0.39 is 6.10 Å². The van der Waals surface area contributed by atoms with Crippen LogP contribution in [0.3, 0.4) is 0 Å². The molecule has 1 aliphatic rings. The number of methoxy groups -OCH3 is 2. The third kappa shape index (κ3) is 2.94. The van der Waals surface area contributed by atoms with Crippen LogP contribution in [0.25, 0.3) is 0 Å². The molecule has 0 unspecified atom stereocenters. The van der Waals surface area contributed by atoms with E-state index in [1.807, 2.05) is 24.3 Å². The summed E-state index contributed by atoms with van der Waals surface area (Å²) in [6, 6.07) is 7.66. The van der Waals surface area contributed by atoms with Crippen LogP contribution in [0.5, 0.6) is 11.5 Å². The van der Waals surface area contributed by atoms with E-state index >= 15 is 0 Å². The molecule has 0 bridgehead atoms. The highest BCUT2D eigenvalue weighted by molar-refractivity contribution is 7.16. The number of benzene rings is 1. The van der Waals surface area contributed by atoms with Crippen molar-refractivity contribution in [2.24, 2.45) is 0 Å². The minimum atomic E-state index is -0.593. The summed E-state index contributed by atoms with van der Waals surface area (Å²) in [5.41, 5.74) is 1.82. The molecular formula is C16H18ClNO3S. The fourth-order valence-corrected chi connectivity index (χ4v) is 4.05. The first-order chi connectivity index (χ1) is 10.6. The lowest BCUT2D eigenvalue weighted by atomic mass is 9.95. The molecule has 4 nitrogen and oxygen atoms in total. The van der Waals surface area contributed by atoms with E-state index in [2.05, 4.69) is 4.90 Å². The van der Waals surface area contributed by atoms with Gasteiger partial charge >= 0.3 is 0 Å². The number of ether oxygens (including phenoxy) is 2. The van der Waals surface area contributed by atoms with Crippen molar-refractivity contribution in [1.82, 2.24) is 4.90 Å². The lowest BCUT2D eigenvalue weighted by Gasteiger charge is -2.33. The Bertz CT molecular complexity index is 673. The van der Waals surface area contributed by atoms with Crippen molar-refractivity contribution in [2.45, 2.75) is 19.2 Å². The van der Waals surface area contributed by atoms with Crippen molar-refractivity contribution in [2.75, 3.05) is 20.8 Å². The first-order valence-electron chi connectivity index (χ1n) is 7.00. The standard InChI is InChI=1S/C16H18ClNO3S/c1-20-13-4-5-14(21-2)16-11(13)8-18(9-12(16)19)7-10-3-6-15(17)22-10/h3-6,12,19H,7-9H2,1-2H3/t12-/m0/s1. The largest absolute Gasteiger partial charge is 0.496 e. The van der Waals surface area contributed by atoms with Gasteiger partial charge in [-0.2, -0.15) is 0 Å². The summed E-state index contributed by atoms with van der Waals surface area (Å²) >= 11 is 7.56. The van der Waals surface area contributed by atoms with Gasteiger partial charge in [0.25, 0.3) is 0 Å². The van der Waals surface area contributed by atoms with Gasteiger partial charge in [0.05, 0.1) is 24.7 Å². The van der Waals surface area contributed by atoms with Gasteiger partial charge < -0.3 is 14.6 Å². The molecular weight excluding hydrogens is 322 g/mol. The maximum absolute atomic E-state index is 10.5. The molecule has 22 heavy (non-hydrogen) atoms. The second-order valence-corrected chi connectivity index (χ2v) is 7.05. The zero-order valence-corrected chi connectivity index (χ0v) is 14.1. The van der Waals surface area contributed by atoms with E-state index in [9.17, 15) is 5.11 Å². The minimum Gasteiger partial charge on any atom is -0.496 e. The number of halogens is 1. The molecule has 6 heteroatoms. The SMILES string of the molecule is COc1ccc(OC)c2c1CN(Cc1ccc(Cl)s1)C[C@@H]2O. The smallest absolute Gasteiger partial charge is 0.125 e. The zero-order valence-electron chi connectivity index (χ0n) is 12.5. The number of aliphatic hydroxyl groups is 1. The van der Waals surface area contributed by atoms with Crippen LogP contribution in [0.1, 0.15) is 22.1 Å². The van der Waals surface area contributed by atoms with Crippen LogP contribution < -0.4 is 9.47 Å². The molecule has 0 aliphatic carbocycles. The third-order valence-electron chi connectivity index (χ3n) is 3.87. The molecule has 1 aromatic heterocycles. The quantitative estimate of drug-likeness (QED) is 0.926. The van der Waals surface area contributed by atoms with Crippen molar-refractivity contribution in [3.05, 3.63) is 44.6 Å². The first kappa shape index (κ1) is 15.6. The molecule has 3 rings (SSSR count). The Morgan fingerprint density at radius 3 is 2.59 bits per heavy atom. The number of rotatable bonds is 4. The summed E-state index contributed by atoms with van der Waals surface area (Å²) in [5, 5.41) is 10.5. The number of aliphatic hydroxyl groups excluding tert-OH is 1. The van der Waals surface area contributed by atoms with E-state index in [1.54, 1.807) is 25.6 Å². The lowest BCUT2D eigenvalue weighted by molar-refractivity contribution is 0.0849. The molecule has 0 saturated carbocycles.